The minimum atomic E-state index is -0.0120. The zero-order valence-corrected chi connectivity index (χ0v) is 9.12. The first-order valence-corrected chi connectivity index (χ1v) is 5.71. The van der Waals surface area contributed by atoms with Crippen LogP contribution in [0.3, 0.4) is 0 Å². The molecule has 1 aliphatic rings. The fraction of sp³-hybridized carbons (Fsp3) is 1.00. The predicted octanol–water partition coefficient (Wildman–Crippen LogP) is 1.27. The van der Waals surface area contributed by atoms with Crippen molar-refractivity contribution in [1.29, 1.82) is 0 Å². The third-order valence-corrected chi connectivity index (χ3v) is 3.12. The Kier molecular flexibility index (Phi) is 4.09. The molecule has 0 heterocycles. The van der Waals surface area contributed by atoms with Gasteiger partial charge < -0.3 is 10.0 Å². The fourth-order valence-electron chi connectivity index (χ4n) is 1.41. The number of nitrogens with zero attached hydrogens (tertiary/aromatic N) is 1. The van der Waals surface area contributed by atoms with Crippen molar-refractivity contribution < 1.29 is 5.11 Å². The van der Waals surface area contributed by atoms with Crippen molar-refractivity contribution in [2.75, 3.05) is 18.0 Å². The normalized spacial score (nSPS) is 30.5. The maximum absolute atomic E-state index is 9.06. The van der Waals surface area contributed by atoms with E-state index >= 15 is 0 Å². The summed E-state index contributed by atoms with van der Waals surface area (Å²) >= 11 is 2.40. The van der Waals surface area contributed by atoms with Crippen molar-refractivity contribution in [1.82, 2.24) is 4.90 Å². The molecule has 1 aliphatic carbocycles. The maximum atomic E-state index is 9.06. The third-order valence-electron chi connectivity index (χ3n) is 2.36. The summed E-state index contributed by atoms with van der Waals surface area (Å²) in [7, 11) is 2.16. The number of aliphatic hydroxyl groups is 1. The average Bonchev–Trinajstić information content (AvgIpc) is 1.94. The molecule has 0 spiro atoms. The van der Waals surface area contributed by atoms with Gasteiger partial charge in [-0.3, -0.25) is 0 Å². The number of alkyl halides is 1. The number of aliphatic hydroxyl groups excluding tert-OH is 1. The second-order valence-corrected chi connectivity index (χ2v) is 4.38. The Labute approximate surface area is 82.1 Å². The van der Waals surface area contributed by atoms with Crippen LogP contribution in [-0.2, 0) is 0 Å². The van der Waals surface area contributed by atoms with E-state index in [0.29, 0.717) is 6.04 Å². The first-order valence-electron chi connectivity index (χ1n) is 4.18. The first-order chi connectivity index (χ1) is 5.24. The Hall–Kier alpha value is 0.650. The van der Waals surface area contributed by atoms with Crippen LogP contribution in [0.25, 0.3) is 0 Å². The number of hydrogen-bond donors (Lipinski definition) is 1. The van der Waals surface area contributed by atoms with Crippen molar-refractivity contribution in [3.8, 4) is 0 Å². The highest BCUT2D eigenvalue weighted by atomic mass is 127. The molecule has 0 aromatic rings. The van der Waals surface area contributed by atoms with Crippen molar-refractivity contribution in [3.63, 3.8) is 0 Å². The predicted molar refractivity (Wildman–Crippen MR) is 55.2 cm³/mol. The van der Waals surface area contributed by atoms with Gasteiger partial charge in [0, 0.05) is 10.5 Å². The van der Waals surface area contributed by atoms with Crippen LogP contribution in [0.15, 0.2) is 0 Å². The van der Waals surface area contributed by atoms with Gasteiger partial charge in [0.05, 0.1) is 6.10 Å². The molecular formula is C8H16INO. The second-order valence-electron chi connectivity index (χ2n) is 3.30. The molecule has 0 unspecified atom stereocenters. The van der Waals surface area contributed by atoms with E-state index in [0.717, 1.165) is 12.8 Å². The molecule has 0 saturated heterocycles. The minimum Gasteiger partial charge on any atom is -0.393 e. The van der Waals surface area contributed by atoms with Crippen LogP contribution in [0.5, 0.6) is 0 Å². The lowest BCUT2D eigenvalue weighted by molar-refractivity contribution is 0.0126. The lowest BCUT2D eigenvalue weighted by Gasteiger charge is -2.38. The standard InChI is InChI=1S/C8H16INO/c1-10(4-2-3-9)7-5-8(11)6-7/h7-8,11H,2-6H2,1H3. The van der Waals surface area contributed by atoms with Gasteiger partial charge in [-0.2, -0.15) is 0 Å². The second kappa shape index (κ2) is 4.62. The monoisotopic (exact) mass is 269 g/mol. The molecule has 1 fully saturated rings. The number of hydrogen-bond acceptors (Lipinski definition) is 2. The fourth-order valence-corrected chi connectivity index (χ4v) is 1.75. The molecule has 2 nitrogen and oxygen atoms in total. The minimum absolute atomic E-state index is 0.0120. The van der Waals surface area contributed by atoms with Crippen LogP contribution in [0.1, 0.15) is 19.3 Å². The topological polar surface area (TPSA) is 23.5 Å². The lowest BCUT2D eigenvalue weighted by atomic mass is 9.88. The number of halogens is 1. The van der Waals surface area contributed by atoms with E-state index in [9.17, 15) is 0 Å². The van der Waals surface area contributed by atoms with Crippen LogP contribution in [-0.4, -0.2) is 40.2 Å². The van der Waals surface area contributed by atoms with Crippen LogP contribution >= 0.6 is 22.6 Å². The Morgan fingerprint density at radius 3 is 2.64 bits per heavy atom. The first kappa shape index (κ1) is 9.74. The molecule has 0 aliphatic heterocycles. The Bertz CT molecular complexity index is 115. The lowest BCUT2D eigenvalue weighted by Crippen LogP contribution is -2.45. The average molecular weight is 269 g/mol. The molecule has 3 heteroatoms. The Morgan fingerprint density at radius 2 is 2.18 bits per heavy atom. The van der Waals surface area contributed by atoms with Crippen molar-refractivity contribution in [3.05, 3.63) is 0 Å². The Balaban J connectivity index is 2.06. The van der Waals surface area contributed by atoms with Gasteiger partial charge in [0.2, 0.25) is 0 Å². The quantitative estimate of drug-likeness (QED) is 0.613. The van der Waals surface area contributed by atoms with E-state index < -0.39 is 0 Å². The zero-order valence-electron chi connectivity index (χ0n) is 6.96. The van der Waals surface area contributed by atoms with E-state index in [-0.39, 0.29) is 6.10 Å². The molecule has 1 rings (SSSR count). The van der Waals surface area contributed by atoms with Crippen molar-refractivity contribution in [2.24, 2.45) is 0 Å². The molecule has 0 bridgehead atoms. The van der Waals surface area contributed by atoms with Gasteiger partial charge in [0.15, 0.2) is 0 Å². The van der Waals surface area contributed by atoms with Crippen molar-refractivity contribution in [2.45, 2.75) is 31.4 Å². The van der Waals surface area contributed by atoms with Crippen LogP contribution in [0.2, 0.25) is 0 Å². The molecule has 0 atom stereocenters. The van der Waals surface area contributed by atoms with E-state index in [1.807, 2.05) is 0 Å². The van der Waals surface area contributed by atoms with Gasteiger partial charge in [-0.15, -0.1) is 0 Å². The summed E-state index contributed by atoms with van der Waals surface area (Å²) in [6.45, 7) is 1.18. The smallest absolute Gasteiger partial charge is 0.0570 e. The largest absolute Gasteiger partial charge is 0.393 e. The maximum Gasteiger partial charge on any atom is 0.0570 e. The third kappa shape index (κ3) is 2.87. The molecule has 1 N–H and O–H groups in total. The summed E-state index contributed by atoms with van der Waals surface area (Å²) in [5, 5.41) is 9.06. The van der Waals surface area contributed by atoms with Gasteiger partial charge in [0.1, 0.15) is 0 Å². The summed E-state index contributed by atoms with van der Waals surface area (Å²) in [5.74, 6) is 0. The zero-order chi connectivity index (χ0) is 8.27. The highest BCUT2D eigenvalue weighted by molar-refractivity contribution is 14.1. The van der Waals surface area contributed by atoms with Gasteiger partial charge in [-0.25, -0.2) is 0 Å². The Morgan fingerprint density at radius 1 is 1.55 bits per heavy atom. The summed E-state index contributed by atoms with van der Waals surface area (Å²) < 4.78 is 1.23. The summed E-state index contributed by atoms with van der Waals surface area (Å²) in [6, 6.07) is 0.660. The van der Waals surface area contributed by atoms with Gasteiger partial charge >= 0.3 is 0 Å². The van der Waals surface area contributed by atoms with Gasteiger partial charge in [-0.1, -0.05) is 22.6 Å². The molecule has 66 valence electrons. The van der Waals surface area contributed by atoms with Gasteiger partial charge in [-0.05, 0) is 32.9 Å². The van der Waals surface area contributed by atoms with Gasteiger partial charge in [0.25, 0.3) is 0 Å². The van der Waals surface area contributed by atoms with Crippen LogP contribution < -0.4 is 0 Å². The molecule has 0 radical (unpaired) electrons. The SMILES string of the molecule is CN(CCCI)C1CC(O)C1. The van der Waals surface area contributed by atoms with Crippen LogP contribution in [0, 0.1) is 0 Å². The molecule has 11 heavy (non-hydrogen) atoms. The van der Waals surface area contributed by atoms with Crippen LogP contribution in [0.4, 0.5) is 0 Å². The molecule has 0 aromatic carbocycles. The summed E-state index contributed by atoms with van der Waals surface area (Å²) in [4.78, 5) is 2.37. The van der Waals surface area contributed by atoms with E-state index in [1.165, 1.54) is 17.4 Å². The van der Waals surface area contributed by atoms with E-state index in [1.54, 1.807) is 0 Å². The highest BCUT2D eigenvalue weighted by Crippen LogP contribution is 2.24. The summed E-state index contributed by atoms with van der Waals surface area (Å²) in [6.07, 6.45) is 3.22. The van der Waals surface area contributed by atoms with E-state index in [2.05, 4.69) is 34.5 Å². The molecule has 0 amide bonds. The number of rotatable bonds is 4. The highest BCUT2D eigenvalue weighted by Gasteiger charge is 2.29. The van der Waals surface area contributed by atoms with E-state index in [4.69, 9.17) is 5.11 Å². The van der Waals surface area contributed by atoms with Crippen molar-refractivity contribution >= 4 is 22.6 Å². The molecule has 0 aromatic heterocycles. The summed E-state index contributed by atoms with van der Waals surface area (Å²) in [5.41, 5.74) is 0. The molecular weight excluding hydrogens is 253 g/mol. The molecule has 1 saturated carbocycles.